The summed E-state index contributed by atoms with van der Waals surface area (Å²) in [5, 5.41) is 11.0. The van der Waals surface area contributed by atoms with E-state index in [0.717, 1.165) is 0 Å². The van der Waals surface area contributed by atoms with Crippen LogP contribution in [0.15, 0.2) is 59.5 Å². The number of nitrogens with one attached hydrogen (secondary N) is 3. The number of hydrogen-bond acceptors (Lipinski definition) is 5. The van der Waals surface area contributed by atoms with E-state index in [1.807, 2.05) is 0 Å². The van der Waals surface area contributed by atoms with Gasteiger partial charge in [0.2, 0.25) is 0 Å². The number of anilines is 1. The largest absolute Gasteiger partial charge is 0.478 e. The fraction of sp³-hybridized carbons (Fsp3) is 0. The molecule has 0 saturated heterocycles. The molecule has 4 N–H and O–H groups in total. The Hall–Kier alpha value is -3.24. The lowest BCUT2D eigenvalue weighted by atomic mass is 10.2. The fourth-order valence-electron chi connectivity index (χ4n) is 1.71. The van der Waals surface area contributed by atoms with Gasteiger partial charge >= 0.3 is 17.8 Å². The molecular weight excluding hydrogens is 350 g/mol. The Morgan fingerprint density at radius 2 is 1.44 bits per heavy atom. The van der Waals surface area contributed by atoms with Crippen LogP contribution < -0.4 is 15.6 Å². The number of sulfonamides is 1. The van der Waals surface area contributed by atoms with Crippen molar-refractivity contribution in [3.8, 4) is 0 Å². The summed E-state index contributed by atoms with van der Waals surface area (Å²) >= 11 is 0. The third kappa shape index (κ3) is 4.86. The van der Waals surface area contributed by atoms with Gasteiger partial charge in [0.1, 0.15) is 0 Å². The highest BCUT2D eigenvalue weighted by Crippen LogP contribution is 2.09. The predicted octanol–water partition coefficient (Wildman–Crippen LogP) is 0.333. The first-order chi connectivity index (χ1) is 11.8. The number of rotatable bonds is 5. The average Bonchev–Trinajstić information content (AvgIpc) is 2.61. The van der Waals surface area contributed by atoms with Crippen LogP contribution in [0.3, 0.4) is 0 Å². The molecule has 25 heavy (non-hydrogen) atoms. The van der Waals surface area contributed by atoms with Gasteiger partial charge in [0.15, 0.2) is 0 Å². The summed E-state index contributed by atoms with van der Waals surface area (Å²) in [5.41, 5.74) is 1.98. The lowest BCUT2D eigenvalue weighted by molar-refractivity contribution is -0.136. The second-order valence-corrected chi connectivity index (χ2v) is 6.39. The number of carbonyl (C=O) groups is 3. The topological polar surface area (TPSA) is 142 Å². The Balaban J connectivity index is 1.94. The van der Waals surface area contributed by atoms with Gasteiger partial charge in [-0.25, -0.2) is 13.2 Å². The minimum atomic E-state index is -4.00. The minimum Gasteiger partial charge on any atom is -0.478 e. The van der Waals surface area contributed by atoms with Crippen LogP contribution >= 0.6 is 0 Å². The van der Waals surface area contributed by atoms with Gasteiger partial charge in [-0.2, -0.15) is 0 Å². The molecule has 0 bridgehead atoms. The van der Waals surface area contributed by atoms with E-state index in [4.69, 9.17) is 5.11 Å². The van der Waals surface area contributed by atoms with Crippen molar-refractivity contribution in [1.29, 1.82) is 0 Å². The van der Waals surface area contributed by atoms with Crippen molar-refractivity contribution in [3.63, 3.8) is 0 Å². The molecule has 0 fully saturated rings. The van der Waals surface area contributed by atoms with Crippen LogP contribution in [-0.2, 0) is 19.6 Å². The molecule has 0 heterocycles. The second kappa shape index (κ2) is 7.55. The Labute approximate surface area is 142 Å². The number of benzene rings is 2. The van der Waals surface area contributed by atoms with Crippen molar-refractivity contribution < 1.29 is 27.9 Å². The summed E-state index contributed by atoms with van der Waals surface area (Å²) in [5.74, 6) is -3.49. The van der Waals surface area contributed by atoms with Gasteiger partial charge in [0.25, 0.3) is 10.0 Å². The van der Waals surface area contributed by atoms with Crippen LogP contribution in [0.25, 0.3) is 0 Å². The van der Waals surface area contributed by atoms with E-state index in [2.05, 4.69) is 5.32 Å². The number of aromatic carboxylic acids is 1. The summed E-state index contributed by atoms with van der Waals surface area (Å²) in [6.07, 6.45) is 0. The lowest BCUT2D eigenvalue weighted by Crippen LogP contribution is -2.46. The molecule has 0 atom stereocenters. The Morgan fingerprint density at radius 1 is 0.840 bits per heavy atom. The Bertz CT molecular complexity index is 895. The number of carboxylic acids is 1. The van der Waals surface area contributed by atoms with Crippen molar-refractivity contribution in [2.24, 2.45) is 0 Å². The molecule has 9 nitrogen and oxygen atoms in total. The molecule has 2 rings (SSSR count). The smallest absolute Gasteiger partial charge is 0.335 e. The number of amides is 2. The molecule has 2 aromatic rings. The molecule has 0 aliphatic heterocycles. The van der Waals surface area contributed by atoms with Crippen LogP contribution in [0.4, 0.5) is 5.69 Å². The Morgan fingerprint density at radius 3 is 2.00 bits per heavy atom. The van der Waals surface area contributed by atoms with E-state index in [1.165, 1.54) is 48.5 Å². The summed E-state index contributed by atoms with van der Waals surface area (Å²) in [6.45, 7) is 0. The van der Waals surface area contributed by atoms with Gasteiger partial charge in [-0.3, -0.25) is 15.0 Å². The third-order valence-corrected chi connectivity index (χ3v) is 4.21. The molecule has 0 aromatic heterocycles. The van der Waals surface area contributed by atoms with E-state index in [0.29, 0.717) is 0 Å². The van der Waals surface area contributed by atoms with Gasteiger partial charge < -0.3 is 10.4 Å². The molecule has 2 aromatic carbocycles. The maximum Gasteiger partial charge on any atom is 0.335 e. The maximum atomic E-state index is 11.9. The normalized spacial score (nSPS) is 10.7. The third-order valence-electron chi connectivity index (χ3n) is 2.95. The van der Waals surface area contributed by atoms with Crippen molar-refractivity contribution >= 4 is 33.5 Å². The Kier molecular flexibility index (Phi) is 5.47. The van der Waals surface area contributed by atoms with E-state index >= 15 is 0 Å². The highest BCUT2D eigenvalue weighted by Gasteiger charge is 2.18. The van der Waals surface area contributed by atoms with Gasteiger partial charge in [-0.15, -0.1) is 4.83 Å². The first-order valence-electron chi connectivity index (χ1n) is 6.81. The van der Waals surface area contributed by atoms with Gasteiger partial charge in [-0.1, -0.05) is 18.2 Å². The van der Waals surface area contributed by atoms with E-state index in [1.54, 1.807) is 16.3 Å². The zero-order chi connectivity index (χ0) is 18.4. The SMILES string of the molecule is O=C(NNS(=O)(=O)c1ccccc1)C(=O)Nc1ccc(C(=O)O)cc1. The lowest BCUT2D eigenvalue weighted by Gasteiger charge is -2.09. The number of hydrazine groups is 1. The highest BCUT2D eigenvalue weighted by atomic mass is 32.2. The summed E-state index contributed by atoms with van der Waals surface area (Å²) < 4.78 is 23.8. The van der Waals surface area contributed by atoms with Gasteiger partial charge in [-0.05, 0) is 36.4 Å². The first-order valence-corrected chi connectivity index (χ1v) is 8.29. The van der Waals surface area contributed by atoms with Gasteiger partial charge in [0.05, 0.1) is 10.5 Å². The molecule has 130 valence electrons. The van der Waals surface area contributed by atoms with Crippen molar-refractivity contribution in [3.05, 3.63) is 60.2 Å². The number of carbonyl (C=O) groups excluding carboxylic acids is 2. The van der Waals surface area contributed by atoms with E-state index in [9.17, 15) is 22.8 Å². The molecule has 0 aliphatic rings. The van der Waals surface area contributed by atoms with Crippen LogP contribution in [0.1, 0.15) is 10.4 Å². The van der Waals surface area contributed by atoms with E-state index < -0.39 is 27.8 Å². The zero-order valence-corrected chi connectivity index (χ0v) is 13.4. The van der Waals surface area contributed by atoms with Crippen LogP contribution in [0.5, 0.6) is 0 Å². The standard InChI is InChI=1S/C15H13N3O6S/c19-13(16-11-8-6-10(7-9-11)15(21)22)14(20)17-18-25(23,24)12-4-2-1-3-5-12/h1-9,18H,(H,16,19)(H,17,20)(H,21,22). The second-order valence-electron chi connectivity index (χ2n) is 4.71. The molecule has 2 amide bonds. The number of carboxylic acid groups (broad SMARTS) is 1. The minimum absolute atomic E-state index is 0.0121. The molecule has 0 aliphatic carbocycles. The van der Waals surface area contributed by atoms with Crippen LogP contribution in [0, 0.1) is 0 Å². The quantitative estimate of drug-likeness (QED) is 0.446. The predicted molar refractivity (Wildman–Crippen MR) is 86.9 cm³/mol. The van der Waals surface area contributed by atoms with Crippen LogP contribution in [-0.4, -0.2) is 31.3 Å². The molecule has 0 unspecified atom stereocenters. The van der Waals surface area contributed by atoms with Crippen molar-refractivity contribution in [2.45, 2.75) is 4.90 Å². The summed E-state index contributed by atoms with van der Waals surface area (Å²) in [7, 11) is -4.00. The molecule has 10 heteroatoms. The van der Waals surface area contributed by atoms with Crippen molar-refractivity contribution in [2.75, 3.05) is 5.32 Å². The van der Waals surface area contributed by atoms with Crippen molar-refractivity contribution in [1.82, 2.24) is 10.3 Å². The summed E-state index contributed by atoms with van der Waals surface area (Å²) in [6, 6.07) is 12.3. The average molecular weight is 363 g/mol. The van der Waals surface area contributed by atoms with Crippen LogP contribution in [0.2, 0.25) is 0 Å². The van der Waals surface area contributed by atoms with Gasteiger partial charge in [0, 0.05) is 5.69 Å². The number of hydrogen-bond donors (Lipinski definition) is 4. The molecule has 0 radical (unpaired) electrons. The maximum absolute atomic E-state index is 11.9. The van der Waals surface area contributed by atoms with E-state index in [-0.39, 0.29) is 16.1 Å². The zero-order valence-electron chi connectivity index (χ0n) is 12.6. The summed E-state index contributed by atoms with van der Waals surface area (Å²) in [4.78, 5) is 35.8. The first kappa shape index (κ1) is 18.1. The molecule has 0 saturated carbocycles. The highest BCUT2D eigenvalue weighted by molar-refractivity contribution is 7.89. The monoisotopic (exact) mass is 363 g/mol. The molecular formula is C15H13N3O6S. The molecule has 0 spiro atoms. The fourth-order valence-corrected chi connectivity index (χ4v) is 2.57.